The minimum Gasteiger partial charge on any atom is -0.367 e. The zero-order valence-electron chi connectivity index (χ0n) is 14.0. The van der Waals surface area contributed by atoms with Crippen molar-refractivity contribution in [2.24, 2.45) is 0 Å². The van der Waals surface area contributed by atoms with Crippen LogP contribution in [-0.4, -0.2) is 38.3 Å². The van der Waals surface area contributed by atoms with Gasteiger partial charge >= 0.3 is 0 Å². The Morgan fingerprint density at radius 1 is 1.28 bits per heavy atom. The molecular formula is C18H21N5O2. The molecule has 25 heavy (non-hydrogen) atoms. The van der Waals surface area contributed by atoms with E-state index in [1.807, 2.05) is 6.07 Å². The Balaban J connectivity index is 1.56. The van der Waals surface area contributed by atoms with Gasteiger partial charge in [0.15, 0.2) is 0 Å². The summed E-state index contributed by atoms with van der Waals surface area (Å²) in [5.74, 6) is 0.588. The van der Waals surface area contributed by atoms with E-state index in [1.165, 1.54) is 19.2 Å². The van der Waals surface area contributed by atoms with Gasteiger partial charge < -0.3 is 15.2 Å². The molecule has 0 spiro atoms. The van der Waals surface area contributed by atoms with Crippen LogP contribution in [0.2, 0.25) is 0 Å². The van der Waals surface area contributed by atoms with E-state index in [-0.39, 0.29) is 11.5 Å². The van der Waals surface area contributed by atoms with Crippen LogP contribution in [0, 0.1) is 0 Å². The Kier molecular flexibility index (Phi) is 4.21. The summed E-state index contributed by atoms with van der Waals surface area (Å²) in [6.45, 7) is 0.869. The van der Waals surface area contributed by atoms with Crippen molar-refractivity contribution >= 4 is 11.7 Å². The number of amides is 1. The van der Waals surface area contributed by atoms with Crippen LogP contribution in [-0.2, 0) is 13.0 Å². The number of hydrogen-bond acceptors (Lipinski definition) is 5. The standard InChI is InChI=1S/C18H21N5O2/c24-17-13-7-9-23(10-15(13)20-11-21-17)18(25)14-6-3-8-19-16(14)22-12-4-1-2-5-12/h3,6,8,11-12H,1-2,4-5,7,9-10H2,(H,19,22)(H,20,21,24). The Morgan fingerprint density at radius 2 is 2.12 bits per heavy atom. The number of pyridine rings is 1. The van der Waals surface area contributed by atoms with Crippen LogP contribution in [0.4, 0.5) is 5.82 Å². The van der Waals surface area contributed by atoms with E-state index in [1.54, 1.807) is 17.2 Å². The number of carbonyl (C=O) groups excluding carboxylic acids is 1. The van der Waals surface area contributed by atoms with E-state index in [0.29, 0.717) is 48.2 Å². The van der Waals surface area contributed by atoms with Crippen molar-refractivity contribution in [1.82, 2.24) is 19.9 Å². The van der Waals surface area contributed by atoms with Crippen LogP contribution in [0.15, 0.2) is 29.5 Å². The summed E-state index contributed by atoms with van der Waals surface area (Å²) in [7, 11) is 0. The van der Waals surface area contributed by atoms with Crippen molar-refractivity contribution in [3.05, 3.63) is 51.8 Å². The maximum absolute atomic E-state index is 13.0. The molecule has 130 valence electrons. The maximum atomic E-state index is 13.0. The fourth-order valence-corrected chi connectivity index (χ4v) is 3.67. The molecule has 7 nitrogen and oxygen atoms in total. The van der Waals surface area contributed by atoms with Gasteiger partial charge in [0.25, 0.3) is 11.5 Å². The SMILES string of the molecule is O=C(c1cccnc1NC1CCCC1)N1CCc2c(nc[nH]c2=O)C1. The zero-order chi connectivity index (χ0) is 17.2. The molecule has 0 atom stereocenters. The maximum Gasteiger partial charge on any atom is 0.257 e. The number of rotatable bonds is 3. The summed E-state index contributed by atoms with van der Waals surface area (Å²) in [5.41, 5.74) is 1.84. The number of nitrogens with one attached hydrogen (secondary N) is 2. The van der Waals surface area contributed by atoms with Gasteiger partial charge in [-0.2, -0.15) is 0 Å². The number of aromatic amines is 1. The summed E-state index contributed by atoms with van der Waals surface area (Å²) in [6.07, 6.45) is 8.30. The van der Waals surface area contributed by atoms with Gasteiger partial charge in [-0.3, -0.25) is 9.59 Å². The van der Waals surface area contributed by atoms with E-state index < -0.39 is 0 Å². The van der Waals surface area contributed by atoms with E-state index in [0.717, 1.165) is 12.8 Å². The van der Waals surface area contributed by atoms with Crippen LogP contribution in [0.25, 0.3) is 0 Å². The quantitative estimate of drug-likeness (QED) is 0.888. The molecule has 0 radical (unpaired) electrons. The normalized spacial score (nSPS) is 17.4. The molecule has 2 aromatic heterocycles. The highest BCUT2D eigenvalue weighted by molar-refractivity contribution is 5.98. The molecule has 1 aliphatic heterocycles. The minimum atomic E-state index is -0.109. The fourth-order valence-electron chi connectivity index (χ4n) is 3.67. The summed E-state index contributed by atoms with van der Waals surface area (Å²) < 4.78 is 0. The van der Waals surface area contributed by atoms with E-state index >= 15 is 0 Å². The first-order chi connectivity index (χ1) is 12.2. The van der Waals surface area contributed by atoms with Gasteiger partial charge in [0.2, 0.25) is 0 Å². The van der Waals surface area contributed by atoms with Crippen molar-refractivity contribution < 1.29 is 4.79 Å². The van der Waals surface area contributed by atoms with Gasteiger partial charge in [0, 0.05) is 24.3 Å². The molecule has 2 N–H and O–H groups in total. The van der Waals surface area contributed by atoms with Gasteiger partial charge in [-0.05, 0) is 31.4 Å². The molecule has 2 aromatic rings. The lowest BCUT2D eigenvalue weighted by atomic mass is 10.1. The second-order valence-corrected chi connectivity index (χ2v) is 6.66. The molecule has 0 aromatic carbocycles. The highest BCUT2D eigenvalue weighted by Crippen LogP contribution is 2.24. The molecule has 1 saturated carbocycles. The first-order valence-corrected chi connectivity index (χ1v) is 8.78. The van der Waals surface area contributed by atoms with Gasteiger partial charge in [-0.1, -0.05) is 12.8 Å². The highest BCUT2D eigenvalue weighted by atomic mass is 16.2. The lowest BCUT2D eigenvalue weighted by molar-refractivity contribution is 0.0732. The molecule has 3 heterocycles. The number of hydrogen-bond donors (Lipinski definition) is 2. The van der Waals surface area contributed by atoms with Crippen molar-refractivity contribution in [2.75, 3.05) is 11.9 Å². The van der Waals surface area contributed by atoms with Gasteiger partial charge in [-0.15, -0.1) is 0 Å². The summed E-state index contributed by atoms with van der Waals surface area (Å²) >= 11 is 0. The Hall–Kier alpha value is -2.70. The summed E-state index contributed by atoms with van der Waals surface area (Å²) in [4.78, 5) is 37.8. The van der Waals surface area contributed by atoms with Crippen molar-refractivity contribution in [3.8, 4) is 0 Å². The predicted molar refractivity (Wildman–Crippen MR) is 93.4 cm³/mol. The van der Waals surface area contributed by atoms with E-state index in [9.17, 15) is 9.59 Å². The average Bonchev–Trinajstić information content (AvgIpc) is 3.15. The predicted octanol–water partition coefficient (Wildman–Crippen LogP) is 1.72. The lowest BCUT2D eigenvalue weighted by Gasteiger charge is -2.28. The average molecular weight is 339 g/mol. The smallest absolute Gasteiger partial charge is 0.257 e. The first-order valence-electron chi connectivity index (χ1n) is 8.78. The fraction of sp³-hybridized carbons (Fsp3) is 0.444. The molecule has 0 saturated heterocycles. The molecule has 7 heteroatoms. The molecule has 1 amide bonds. The summed E-state index contributed by atoms with van der Waals surface area (Å²) in [5, 5.41) is 3.43. The molecule has 1 fully saturated rings. The number of carbonyl (C=O) groups is 1. The third-order valence-corrected chi connectivity index (χ3v) is 5.03. The molecule has 0 bridgehead atoms. The Morgan fingerprint density at radius 3 is 2.96 bits per heavy atom. The number of nitrogens with zero attached hydrogens (tertiary/aromatic N) is 3. The van der Waals surface area contributed by atoms with Crippen LogP contribution in [0.3, 0.4) is 0 Å². The largest absolute Gasteiger partial charge is 0.367 e. The van der Waals surface area contributed by atoms with Gasteiger partial charge in [-0.25, -0.2) is 9.97 Å². The van der Waals surface area contributed by atoms with Crippen molar-refractivity contribution in [2.45, 2.75) is 44.7 Å². The first kappa shape index (κ1) is 15.8. The second-order valence-electron chi connectivity index (χ2n) is 6.66. The molecule has 0 unspecified atom stereocenters. The van der Waals surface area contributed by atoms with Crippen molar-refractivity contribution in [3.63, 3.8) is 0 Å². The molecule has 2 aliphatic rings. The van der Waals surface area contributed by atoms with Crippen LogP contribution in [0.5, 0.6) is 0 Å². The monoisotopic (exact) mass is 339 g/mol. The van der Waals surface area contributed by atoms with E-state index in [2.05, 4.69) is 20.3 Å². The third kappa shape index (κ3) is 3.14. The second kappa shape index (κ2) is 6.66. The Bertz CT molecular complexity index is 841. The molecular weight excluding hydrogens is 318 g/mol. The highest BCUT2D eigenvalue weighted by Gasteiger charge is 2.27. The topological polar surface area (TPSA) is 91.0 Å². The Labute approximate surface area is 145 Å². The number of fused-ring (bicyclic) bond motifs is 1. The number of H-pyrrole nitrogens is 1. The zero-order valence-corrected chi connectivity index (χ0v) is 14.0. The molecule has 4 rings (SSSR count). The lowest BCUT2D eigenvalue weighted by Crippen LogP contribution is -2.39. The van der Waals surface area contributed by atoms with E-state index in [4.69, 9.17) is 0 Å². The summed E-state index contributed by atoms with van der Waals surface area (Å²) in [6, 6.07) is 3.99. The van der Waals surface area contributed by atoms with Gasteiger partial charge in [0.05, 0.1) is 24.1 Å². The van der Waals surface area contributed by atoms with Crippen LogP contribution in [0.1, 0.15) is 47.3 Å². The van der Waals surface area contributed by atoms with Gasteiger partial charge in [0.1, 0.15) is 5.82 Å². The number of anilines is 1. The third-order valence-electron chi connectivity index (χ3n) is 5.03. The van der Waals surface area contributed by atoms with Crippen molar-refractivity contribution in [1.29, 1.82) is 0 Å². The van der Waals surface area contributed by atoms with Crippen LogP contribution < -0.4 is 10.9 Å². The molecule has 1 aliphatic carbocycles. The van der Waals surface area contributed by atoms with Crippen LogP contribution >= 0.6 is 0 Å². The number of aromatic nitrogens is 3. The minimum absolute atomic E-state index is 0.0682.